The molecule has 1 heterocycles. The monoisotopic (exact) mass is 513 g/mol. The molecule has 7 heteroatoms. The van der Waals surface area contributed by atoms with Crippen LogP contribution < -0.4 is 5.32 Å². The molecule has 1 unspecified atom stereocenters. The van der Waals surface area contributed by atoms with Crippen molar-refractivity contribution in [3.05, 3.63) is 71.5 Å². The Hall–Kier alpha value is -2.80. The summed E-state index contributed by atoms with van der Waals surface area (Å²) in [4.78, 5) is 31.3. The van der Waals surface area contributed by atoms with Crippen molar-refractivity contribution in [3.63, 3.8) is 0 Å². The highest BCUT2D eigenvalue weighted by Gasteiger charge is 2.38. The standard InChI is InChI=1S/C30H41F2N3O2/c1-5-11-25(20-22(2)3)35(27(36)21-34-18-16-30(31,32)17-19-34)28(26-15-10-9-12-23(26)4)29(37)33-24-13-7-6-8-14-24/h5,9-12,15,20,24,28H,2,6-8,13-14,16-19,21H2,1,3-4H3,(H,33,37)/b11-5?,25-20+. The zero-order valence-corrected chi connectivity index (χ0v) is 22.4. The number of benzene rings is 1. The topological polar surface area (TPSA) is 52.7 Å². The van der Waals surface area contributed by atoms with Gasteiger partial charge in [0.1, 0.15) is 6.04 Å². The zero-order chi connectivity index (χ0) is 27.0. The third kappa shape index (κ3) is 8.09. The predicted molar refractivity (Wildman–Crippen MR) is 144 cm³/mol. The fourth-order valence-electron chi connectivity index (χ4n) is 5.18. The highest BCUT2D eigenvalue weighted by molar-refractivity contribution is 5.91. The molecule has 1 aliphatic carbocycles. The number of halogens is 2. The first-order valence-electron chi connectivity index (χ1n) is 13.4. The first-order valence-corrected chi connectivity index (χ1v) is 13.4. The number of hydrogen-bond acceptors (Lipinski definition) is 3. The van der Waals surface area contributed by atoms with E-state index in [1.165, 1.54) is 6.42 Å². The lowest BCUT2D eigenvalue weighted by Gasteiger charge is -2.37. The van der Waals surface area contributed by atoms with Gasteiger partial charge in [0.25, 0.3) is 5.92 Å². The van der Waals surface area contributed by atoms with E-state index in [9.17, 15) is 18.4 Å². The van der Waals surface area contributed by atoms with E-state index in [1.807, 2.05) is 51.1 Å². The summed E-state index contributed by atoms with van der Waals surface area (Å²) in [6, 6.07) is 6.77. The van der Waals surface area contributed by atoms with Gasteiger partial charge in [0.15, 0.2) is 0 Å². The summed E-state index contributed by atoms with van der Waals surface area (Å²) in [5.74, 6) is -3.22. The molecule has 0 spiro atoms. The van der Waals surface area contributed by atoms with Crippen LogP contribution in [0.4, 0.5) is 8.78 Å². The fourth-order valence-corrected chi connectivity index (χ4v) is 5.18. The van der Waals surface area contributed by atoms with Gasteiger partial charge < -0.3 is 5.32 Å². The van der Waals surface area contributed by atoms with Crippen molar-refractivity contribution in [3.8, 4) is 0 Å². The van der Waals surface area contributed by atoms with Crippen LogP contribution in [0.15, 0.2) is 60.3 Å². The summed E-state index contributed by atoms with van der Waals surface area (Å²) in [5.41, 5.74) is 2.93. The molecule has 202 valence electrons. The number of amides is 2. The Bertz CT molecular complexity index is 1020. The quantitative estimate of drug-likeness (QED) is 0.407. The van der Waals surface area contributed by atoms with E-state index < -0.39 is 12.0 Å². The number of aryl methyl sites for hydroxylation is 1. The maximum atomic E-state index is 14.0. The van der Waals surface area contributed by atoms with Crippen molar-refractivity contribution in [1.82, 2.24) is 15.1 Å². The van der Waals surface area contributed by atoms with Gasteiger partial charge in [-0.05, 0) is 56.9 Å². The molecule has 1 atom stereocenters. The van der Waals surface area contributed by atoms with Crippen molar-refractivity contribution in [2.45, 2.75) is 83.7 Å². The van der Waals surface area contributed by atoms with Crippen LogP contribution in [0.1, 0.15) is 76.0 Å². The number of rotatable bonds is 9. The normalized spacial score (nSPS) is 20.0. The molecule has 5 nitrogen and oxygen atoms in total. The lowest BCUT2D eigenvalue weighted by atomic mass is 9.93. The minimum Gasteiger partial charge on any atom is -0.351 e. The second-order valence-electron chi connectivity index (χ2n) is 10.4. The Morgan fingerprint density at radius 2 is 1.84 bits per heavy atom. The van der Waals surface area contributed by atoms with Crippen LogP contribution in [0.5, 0.6) is 0 Å². The second kappa shape index (κ2) is 13.1. The molecule has 2 amide bonds. The average molecular weight is 514 g/mol. The number of nitrogens with zero attached hydrogens (tertiary/aromatic N) is 2. The number of allylic oxidation sites excluding steroid dienone is 4. The molecule has 0 radical (unpaired) electrons. The van der Waals surface area contributed by atoms with E-state index >= 15 is 0 Å². The maximum Gasteiger partial charge on any atom is 0.250 e. The molecule has 1 saturated carbocycles. The molecule has 3 rings (SSSR count). The van der Waals surface area contributed by atoms with Crippen molar-refractivity contribution >= 4 is 11.8 Å². The third-order valence-corrected chi connectivity index (χ3v) is 7.17. The number of likely N-dealkylation sites (tertiary alicyclic amines) is 1. The van der Waals surface area contributed by atoms with Crippen LogP contribution in [0.2, 0.25) is 0 Å². The first kappa shape index (κ1) is 28.8. The number of carbonyl (C=O) groups excluding carboxylic acids is 2. The molecule has 2 fully saturated rings. The van der Waals surface area contributed by atoms with Gasteiger partial charge in [0.2, 0.25) is 11.8 Å². The van der Waals surface area contributed by atoms with Crippen LogP contribution >= 0.6 is 0 Å². The van der Waals surface area contributed by atoms with Gasteiger partial charge >= 0.3 is 0 Å². The average Bonchev–Trinajstić information content (AvgIpc) is 2.84. The smallest absolute Gasteiger partial charge is 0.250 e. The number of alkyl halides is 2. The summed E-state index contributed by atoms with van der Waals surface area (Å²) in [6.45, 7) is 9.86. The van der Waals surface area contributed by atoms with Crippen LogP contribution in [-0.2, 0) is 9.59 Å². The van der Waals surface area contributed by atoms with Gasteiger partial charge in [-0.1, -0.05) is 61.8 Å². The molecular weight excluding hydrogens is 472 g/mol. The molecule has 1 N–H and O–H groups in total. The molecule has 1 aromatic carbocycles. The van der Waals surface area contributed by atoms with Crippen LogP contribution in [0, 0.1) is 6.92 Å². The van der Waals surface area contributed by atoms with Gasteiger partial charge in [-0.3, -0.25) is 19.4 Å². The molecule has 1 aliphatic heterocycles. The number of carbonyl (C=O) groups is 2. The summed E-state index contributed by atoms with van der Waals surface area (Å²) in [5, 5.41) is 3.23. The second-order valence-corrected chi connectivity index (χ2v) is 10.4. The highest BCUT2D eigenvalue weighted by Crippen LogP contribution is 2.32. The molecule has 2 aliphatic rings. The van der Waals surface area contributed by atoms with Gasteiger partial charge in [0, 0.05) is 37.7 Å². The SMILES string of the molecule is C=C(C)/C=C(\C=CC)N(C(=O)CN1CCC(F)(F)CC1)C(C(=O)NC1CCCCC1)c1ccccc1C. The molecule has 0 bridgehead atoms. The molecule has 1 saturated heterocycles. The number of piperidine rings is 1. The fraction of sp³-hybridized carbons (Fsp3) is 0.533. The van der Waals surface area contributed by atoms with Gasteiger partial charge in [-0.2, -0.15) is 0 Å². The van der Waals surface area contributed by atoms with Crippen LogP contribution in [0.3, 0.4) is 0 Å². The van der Waals surface area contributed by atoms with Crippen molar-refractivity contribution in [2.24, 2.45) is 0 Å². The summed E-state index contributed by atoms with van der Waals surface area (Å²) in [7, 11) is 0. The summed E-state index contributed by atoms with van der Waals surface area (Å²) in [6.07, 6.45) is 10.0. The summed E-state index contributed by atoms with van der Waals surface area (Å²) < 4.78 is 27.5. The molecule has 0 aromatic heterocycles. The molecule has 37 heavy (non-hydrogen) atoms. The van der Waals surface area contributed by atoms with E-state index in [1.54, 1.807) is 22.0 Å². The van der Waals surface area contributed by atoms with Crippen molar-refractivity contribution < 1.29 is 18.4 Å². The largest absolute Gasteiger partial charge is 0.351 e. The van der Waals surface area contributed by atoms with Gasteiger partial charge in [-0.15, -0.1) is 0 Å². The maximum absolute atomic E-state index is 14.0. The predicted octanol–water partition coefficient (Wildman–Crippen LogP) is 6.08. The van der Waals surface area contributed by atoms with Crippen LogP contribution in [-0.4, -0.2) is 53.2 Å². The van der Waals surface area contributed by atoms with E-state index in [0.717, 1.165) is 42.4 Å². The Morgan fingerprint density at radius 1 is 1.19 bits per heavy atom. The van der Waals surface area contributed by atoms with Crippen LogP contribution in [0.25, 0.3) is 0 Å². The first-order chi connectivity index (χ1) is 17.6. The van der Waals surface area contributed by atoms with E-state index in [4.69, 9.17) is 0 Å². The van der Waals surface area contributed by atoms with Crippen molar-refractivity contribution in [2.75, 3.05) is 19.6 Å². The number of nitrogens with one attached hydrogen (secondary N) is 1. The molecular formula is C30H41F2N3O2. The Balaban J connectivity index is 2.03. The Labute approximate surface area is 220 Å². The summed E-state index contributed by atoms with van der Waals surface area (Å²) >= 11 is 0. The van der Waals surface area contributed by atoms with Gasteiger partial charge in [0.05, 0.1) is 6.54 Å². The Morgan fingerprint density at radius 3 is 2.43 bits per heavy atom. The molecule has 1 aromatic rings. The lowest BCUT2D eigenvalue weighted by molar-refractivity contribution is -0.140. The minimum absolute atomic E-state index is 0.0414. The Kier molecular flexibility index (Phi) is 10.2. The zero-order valence-electron chi connectivity index (χ0n) is 22.4. The third-order valence-electron chi connectivity index (χ3n) is 7.17. The minimum atomic E-state index is -2.70. The number of hydrogen-bond donors (Lipinski definition) is 1. The van der Waals surface area contributed by atoms with E-state index in [2.05, 4.69) is 11.9 Å². The van der Waals surface area contributed by atoms with E-state index in [-0.39, 0.29) is 50.3 Å². The lowest BCUT2D eigenvalue weighted by Crippen LogP contribution is -2.50. The van der Waals surface area contributed by atoms with Crippen molar-refractivity contribution in [1.29, 1.82) is 0 Å². The van der Waals surface area contributed by atoms with E-state index in [0.29, 0.717) is 5.70 Å². The highest BCUT2D eigenvalue weighted by atomic mass is 19.3. The van der Waals surface area contributed by atoms with Gasteiger partial charge in [-0.25, -0.2) is 8.78 Å².